The minimum absolute atomic E-state index is 0.0949. The summed E-state index contributed by atoms with van der Waals surface area (Å²) in [6, 6.07) is 16.2. The number of anilines is 2. The molecule has 0 amide bonds. The average Bonchev–Trinajstić information content (AvgIpc) is 3.03. The Labute approximate surface area is 183 Å². The largest absolute Gasteiger partial charge is 0.397 e. The first-order chi connectivity index (χ1) is 13.9. The SMILES string of the molecule is N#Cc1c(N)nc2sc(C(=O)c3ccc(Cl)cc3)c(N)c2c1-c1ccccc1Br. The van der Waals surface area contributed by atoms with Crippen molar-refractivity contribution >= 4 is 66.4 Å². The fraction of sp³-hybridized carbons (Fsp3) is 0. The number of rotatable bonds is 3. The first-order valence-corrected chi connectivity index (χ1v) is 10.4. The summed E-state index contributed by atoms with van der Waals surface area (Å²) < 4.78 is 0.777. The van der Waals surface area contributed by atoms with Gasteiger partial charge in [-0.25, -0.2) is 4.98 Å². The Balaban J connectivity index is 2.03. The Morgan fingerprint density at radius 1 is 1.14 bits per heavy atom. The molecule has 0 saturated heterocycles. The molecular weight excluding hydrogens is 472 g/mol. The molecule has 29 heavy (non-hydrogen) atoms. The van der Waals surface area contributed by atoms with Crippen LogP contribution in [0.5, 0.6) is 0 Å². The molecule has 4 N–H and O–H groups in total. The van der Waals surface area contributed by atoms with E-state index in [0.717, 1.165) is 21.4 Å². The summed E-state index contributed by atoms with van der Waals surface area (Å²) in [5, 5.41) is 10.8. The highest BCUT2D eigenvalue weighted by Crippen LogP contribution is 2.44. The minimum Gasteiger partial charge on any atom is -0.397 e. The second kappa shape index (κ2) is 7.48. The van der Waals surface area contributed by atoms with E-state index in [0.29, 0.717) is 31.2 Å². The maximum absolute atomic E-state index is 13.1. The third-order valence-electron chi connectivity index (χ3n) is 4.47. The van der Waals surface area contributed by atoms with Crippen LogP contribution in [0.1, 0.15) is 20.8 Å². The van der Waals surface area contributed by atoms with Crippen molar-refractivity contribution in [3.8, 4) is 17.2 Å². The number of benzene rings is 2. The standard InChI is InChI=1S/C21H12BrClN4OS/c22-14-4-2-1-3-12(14)15-13(9-24)20(26)27-21-16(15)17(25)19(29-21)18(28)10-5-7-11(23)8-6-10/h1-8H,25H2,(H2,26,27). The molecule has 5 nitrogen and oxygen atoms in total. The van der Waals surface area contributed by atoms with E-state index in [2.05, 4.69) is 27.0 Å². The summed E-state index contributed by atoms with van der Waals surface area (Å²) in [7, 11) is 0. The number of carbonyl (C=O) groups is 1. The molecular formula is C21H12BrClN4OS. The average molecular weight is 484 g/mol. The Bertz CT molecular complexity index is 1330. The summed E-state index contributed by atoms with van der Waals surface area (Å²) in [5.41, 5.74) is 14.8. The highest BCUT2D eigenvalue weighted by molar-refractivity contribution is 9.10. The van der Waals surface area contributed by atoms with Gasteiger partial charge < -0.3 is 11.5 Å². The maximum Gasteiger partial charge on any atom is 0.205 e. The van der Waals surface area contributed by atoms with Crippen LogP contribution in [0.25, 0.3) is 21.3 Å². The van der Waals surface area contributed by atoms with Gasteiger partial charge in [0.2, 0.25) is 5.78 Å². The Morgan fingerprint density at radius 2 is 1.83 bits per heavy atom. The van der Waals surface area contributed by atoms with Crippen molar-refractivity contribution in [3.05, 3.63) is 74.0 Å². The molecule has 0 aliphatic rings. The maximum atomic E-state index is 13.1. The van der Waals surface area contributed by atoms with Gasteiger partial charge in [-0.2, -0.15) is 5.26 Å². The van der Waals surface area contributed by atoms with Crippen molar-refractivity contribution in [1.29, 1.82) is 5.26 Å². The fourth-order valence-electron chi connectivity index (χ4n) is 3.12. The molecule has 0 fully saturated rings. The van der Waals surface area contributed by atoms with Crippen LogP contribution in [0.15, 0.2) is 53.0 Å². The lowest BCUT2D eigenvalue weighted by atomic mass is 9.96. The molecule has 2 aromatic heterocycles. The molecule has 8 heteroatoms. The third kappa shape index (κ3) is 3.25. The van der Waals surface area contributed by atoms with E-state index < -0.39 is 0 Å². The second-order valence-electron chi connectivity index (χ2n) is 6.20. The van der Waals surface area contributed by atoms with Crippen LogP contribution in [0.3, 0.4) is 0 Å². The van der Waals surface area contributed by atoms with Crippen molar-refractivity contribution in [2.75, 3.05) is 11.5 Å². The molecule has 0 radical (unpaired) electrons. The molecule has 0 aliphatic heterocycles. The molecule has 2 heterocycles. The van der Waals surface area contributed by atoms with Crippen molar-refractivity contribution < 1.29 is 4.79 Å². The quantitative estimate of drug-likeness (QED) is 0.366. The van der Waals surface area contributed by atoms with Gasteiger partial charge in [-0.05, 0) is 35.9 Å². The van der Waals surface area contributed by atoms with Crippen molar-refractivity contribution in [1.82, 2.24) is 4.98 Å². The van der Waals surface area contributed by atoms with Gasteiger partial charge in [0.05, 0.1) is 5.69 Å². The number of fused-ring (bicyclic) bond motifs is 1. The Hall–Kier alpha value is -2.92. The van der Waals surface area contributed by atoms with Crippen molar-refractivity contribution in [3.63, 3.8) is 0 Å². The van der Waals surface area contributed by atoms with Gasteiger partial charge in [-0.1, -0.05) is 45.7 Å². The van der Waals surface area contributed by atoms with Crippen LogP contribution >= 0.6 is 38.9 Å². The van der Waals surface area contributed by atoms with Gasteiger partial charge in [0.15, 0.2) is 0 Å². The zero-order chi connectivity index (χ0) is 20.7. The van der Waals surface area contributed by atoms with E-state index in [4.69, 9.17) is 23.1 Å². The number of nitrogens with zero attached hydrogens (tertiary/aromatic N) is 2. The molecule has 2 aromatic carbocycles. The van der Waals surface area contributed by atoms with Gasteiger partial charge in [0.1, 0.15) is 27.2 Å². The lowest BCUT2D eigenvalue weighted by Crippen LogP contribution is -2.02. The van der Waals surface area contributed by atoms with Gasteiger partial charge >= 0.3 is 0 Å². The zero-order valence-electron chi connectivity index (χ0n) is 14.7. The summed E-state index contributed by atoms with van der Waals surface area (Å²) in [6.45, 7) is 0. The molecule has 0 atom stereocenters. The van der Waals surface area contributed by atoms with Crippen LogP contribution in [0.2, 0.25) is 5.02 Å². The van der Waals surface area contributed by atoms with E-state index in [1.807, 2.05) is 24.3 Å². The highest BCUT2D eigenvalue weighted by atomic mass is 79.9. The summed E-state index contributed by atoms with van der Waals surface area (Å²) in [6.07, 6.45) is 0. The summed E-state index contributed by atoms with van der Waals surface area (Å²) >= 11 is 10.6. The molecule has 0 aliphatic carbocycles. The van der Waals surface area contributed by atoms with Gasteiger partial charge in [-0.3, -0.25) is 4.79 Å². The number of nitrogen functional groups attached to an aromatic ring is 2. The number of hydrogen-bond donors (Lipinski definition) is 2. The van der Waals surface area contributed by atoms with Crippen molar-refractivity contribution in [2.24, 2.45) is 0 Å². The number of hydrogen-bond acceptors (Lipinski definition) is 6. The summed E-state index contributed by atoms with van der Waals surface area (Å²) in [4.78, 5) is 18.2. The lowest BCUT2D eigenvalue weighted by Gasteiger charge is -2.11. The molecule has 0 spiro atoms. The summed E-state index contributed by atoms with van der Waals surface area (Å²) in [5.74, 6) is -0.144. The number of nitriles is 1. The monoisotopic (exact) mass is 482 g/mol. The first-order valence-electron chi connectivity index (χ1n) is 8.39. The van der Waals surface area contributed by atoms with Crippen LogP contribution in [-0.4, -0.2) is 10.8 Å². The third-order valence-corrected chi connectivity index (χ3v) is 6.51. The number of ketones is 1. The molecule has 142 valence electrons. The first kappa shape index (κ1) is 19.4. The normalized spacial score (nSPS) is 10.8. The Kier molecular flexibility index (Phi) is 5.01. The predicted molar refractivity (Wildman–Crippen MR) is 121 cm³/mol. The molecule has 4 rings (SSSR count). The molecule has 0 unspecified atom stereocenters. The fourth-order valence-corrected chi connectivity index (χ4v) is 4.80. The smallest absolute Gasteiger partial charge is 0.205 e. The zero-order valence-corrected chi connectivity index (χ0v) is 17.9. The van der Waals surface area contributed by atoms with E-state index in [1.54, 1.807) is 24.3 Å². The van der Waals surface area contributed by atoms with Gasteiger partial charge in [0, 0.05) is 26.0 Å². The number of nitrogens with two attached hydrogens (primary N) is 2. The van der Waals surface area contributed by atoms with Crippen LogP contribution in [0.4, 0.5) is 11.5 Å². The predicted octanol–water partition coefficient (Wildman–Crippen LogP) is 5.65. The van der Waals surface area contributed by atoms with Gasteiger partial charge in [0.25, 0.3) is 0 Å². The van der Waals surface area contributed by atoms with E-state index in [1.165, 1.54) is 0 Å². The molecule has 0 saturated carbocycles. The van der Waals surface area contributed by atoms with E-state index in [9.17, 15) is 10.1 Å². The van der Waals surface area contributed by atoms with Crippen LogP contribution in [0, 0.1) is 11.3 Å². The van der Waals surface area contributed by atoms with E-state index in [-0.39, 0.29) is 22.9 Å². The van der Waals surface area contributed by atoms with Crippen LogP contribution < -0.4 is 11.5 Å². The number of thiophene rings is 1. The van der Waals surface area contributed by atoms with E-state index >= 15 is 0 Å². The second-order valence-corrected chi connectivity index (χ2v) is 8.49. The minimum atomic E-state index is -0.239. The Morgan fingerprint density at radius 3 is 2.48 bits per heavy atom. The molecule has 4 aromatic rings. The molecule has 0 bridgehead atoms. The topological polar surface area (TPSA) is 106 Å². The van der Waals surface area contributed by atoms with Crippen molar-refractivity contribution in [2.45, 2.75) is 0 Å². The van der Waals surface area contributed by atoms with Crippen LogP contribution in [-0.2, 0) is 0 Å². The lowest BCUT2D eigenvalue weighted by molar-refractivity contribution is 0.104. The number of pyridine rings is 1. The highest BCUT2D eigenvalue weighted by Gasteiger charge is 2.25. The number of aromatic nitrogens is 1. The number of carbonyl (C=O) groups excluding carboxylic acids is 1. The number of halogens is 2. The van der Waals surface area contributed by atoms with Gasteiger partial charge in [-0.15, -0.1) is 11.3 Å².